The van der Waals surface area contributed by atoms with Crippen LogP contribution < -0.4 is 4.90 Å². The van der Waals surface area contributed by atoms with Gasteiger partial charge in [-0.2, -0.15) is 0 Å². The Hall–Kier alpha value is -2.36. The number of carboxylic acids is 1. The van der Waals surface area contributed by atoms with Gasteiger partial charge >= 0.3 is 5.97 Å². The molecule has 0 amide bonds. The number of carbonyl (C=O) groups is 2. The first-order valence-electron chi connectivity index (χ1n) is 6.72. The van der Waals surface area contributed by atoms with Crippen LogP contribution in [-0.4, -0.2) is 31.0 Å². The Kier molecular flexibility index (Phi) is 5.91. The average molecular weight is 287 g/mol. The fourth-order valence-electron chi connectivity index (χ4n) is 1.92. The second-order valence-corrected chi connectivity index (χ2v) is 5.18. The normalized spacial score (nSPS) is 13.2. The Morgan fingerprint density at radius 2 is 1.71 bits per heavy atom. The minimum absolute atomic E-state index is 0.0170. The van der Waals surface area contributed by atoms with Gasteiger partial charge < -0.3 is 10.0 Å². The van der Waals surface area contributed by atoms with Gasteiger partial charge in [0, 0.05) is 37.3 Å². The monoisotopic (exact) mass is 287 g/mol. The average Bonchev–Trinajstić information content (AvgIpc) is 2.44. The lowest BCUT2D eigenvalue weighted by Gasteiger charge is -2.13. The summed E-state index contributed by atoms with van der Waals surface area (Å²) in [6, 6.07) is 7.43. The molecule has 112 valence electrons. The minimum Gasteiger partial charge on any atom is -0.478 e. The van der Waals surface area contributed by atoms with E-state index in [1.807, 2.05) is 43.3 Å². The number of carbonyl (C=O) groups excluding carboxylic acids is 1. The van der Waals surface area contributed by atoms with Crippen molar-refractivity contribution in [1.82, 2.24) is 0 Å². The molecule has 0 unspecified atom stereocenters. The fourth-order valence-corrected chi connectivity index (χ4v) is 1.92. The van der Waals surface area contributed by atoms with E-state index < -0.39 is 5.97 Å². The van der Waals surface area contributed by atoms with E-state index in [2.05, 4.69) is 0 Å². The van der Waals surface area contributed by atoms with Gasteiger partial charge in [-0.15, -0.1) is 0 Å². The third-order valence-electron chi connectivity index (χ3n) is 3.08. The highest BCUT2D eigenvalue weighted by Gasteiger charge is 2.13. The van der Waals surface area contributed by atoms with Crippen molar-refractivity contribution in [1.29, 1.82) is 0 Å². The predicted molar refractivity (Wildman–Crippen MR) is 84.8 cm³/mol. The maximum Gasteiger partial charge on any atom is 0.328 e. The number of allylic oxidation sites excluding steroid dienone is 3. The van der Waals surface area contributed by atoms with E-state index in [0.29, 0.717) is 5.56 Å². The molecule has 0 radical (unpaired) electrons. The first kappa shape index (κ1) is 16.7. The van der Waals surface area contributed by atoms with Crippen LogP contribution in [0.2, 0.25) is 0 Å². The smallest absolute Gasteiger partial charge is 0.328 e. The standard InChI is InChI=1S/C17H21NO3/c1-12(5-10-16(19)20)11-13(2)17(21)14-6-8-15(9-7-14)18(3)4/h5-11,13H,1-4H3,(H,19,20)/b10-5?,12-11-/t13-/m1/s1. The van der Waals surface area contributed by atoms with Crippen molar-refractivity contribution in [3.63, 3.8) is 0 Å². The quantitative estimate of drug-likeness (QED) is 0.496. The van der Waals surface area contributed by atoms with Gasteiger partial charge in [-0.25, -0.2) is 4.79 Å². The Morgan fingerprint density at radius 3 is 2.19 bits per heavy atom. The molecular formula is C17H21NO3. The topological polar surface area (TPSA) is 57.6 Å². The van der Waals surface area contributed by atoms with E-state index in [0.717, 1.165) is 17.3 Å². The van der Waals surface area contributed by atoms with Gasteiger partial charge in [0.1, 0.15) is 0 Å². The van der Waals surface area contributed by atoms with Gasteiger partial charge in [0.05, 0.1) is 0 Å². The zero-order chi connectivity index (χ0) is 16.0. The van der Waals surface area contributed by atoms with Gasteiger partial charge in [-0.05, 0) is 31.2 Å². The molecule has 0 heterocycles. The molecule has 4 nitrogen and oxygen atoms in total. The zero-order valence-corrected chi connectivity index (χ0v) is 12.8. The van der Waals surface area contributed by atoms with Crippen LogP contribution in [0.3, 0.4) is 0 Å². The molecule has 0 aliphatic heterocycles. The summed E-state index contributed by atoms with van der Waals surface area (Å²) in [5, 5.41) is 8.57. The van der Waals surface area contributed by atoms with Crippen LogP contribution in [0, 0.1) is 5.92 Å². The predicted octanol–water partition coefficient (Wildman–Crippen LogP) is 3.16. The number of nitrogens with zero attached hydrogens (tertiary/aromatic N) is 1. The van der Waals surface area contributed by atoms with Crippen molar-refractivity contribution in [2.75, 3.05) is 19.0 Å². The zero-order valence-electron chi connectivity index (χ0n) is 12.8. The molecule has 4 heteroatoms. The number of carboxylic acid groups (broad SMARTS) is 1. The number of hydrogen-bond acceptors (Lipinski definition) is 3. The number of hydrogen-bond donors (Lipinski definition) is 1. The molecule has 0 spiro atoms. The van der Waals surface area contributed by atoms with Crippen LogP contribution in [0.15, 0.2) is 48.1 Å². The van der Waals surface area contributed by atoms with Crippen molar-refractivity contribution in [3.05, 3.63) is 53.6 Å². The van der Waals surface area contributed by atoms with Crippen LogP contribution in [-0.2, 0) is 4.79 Å². The van der Waals surface area contributed by atoms with E-state index in [1.165, 1.54) is 6.08 Å². The fraction of sp³-hybridized carbons (Fsp3) is 0.294. The SMILES string of the molecule is C/C(C=CC(=O)O)=C/[C@@H](C)C(=O)c1ccc(N(C)C)cc1. The Labute approximate surface area is 125 Å². The van der Waals surface area contributed by atoms with Crippen LogP contribution in [0.4, 0.5) is 5.69 Å². The van der Waals surface area contributed by atoms with Crippen molar-refractivity contribution in [2.45, 2.75) is 13.8 Å². The molecule has 0 aliphatic rings. The summed E-state index contributed by atoms with van der Waals surface area (Å²) >= 11 is 0. The summed E-state index contributed by atoms with van der Waals surface area (Å²) in [5.74, 6) is -1.28. The van der Waals surface area contributed by atoms with Gasteiger partial charge in [-0.3, -0.25) is 4.79 Å². The van der Waals surface area contributed by atoms with Gasteiger partial charge in [0.2, 0.25) is 0 Å². The van der Waals surface area contributed by atoms with Crippen molar-refractivity contribution >= 4 is 17.4 Å². The highest BCUT2D eigenvalue weighted by molar-refractivity contribution is 5.99. The molecule has 0 bridgehead atoms. The Balaban J connectivity index is 2.82. The summed E-state index contributed by atoms with van der Waals surface area (Å²) in [5.41, 5.74) is 2.44. The molecule has 0 saturated heterocycles. The van der Waals surface area contributed by atoms with Crippen molar-refractivity contribution < 1.29 is 14.7 Å². The molecule has 0 aliphatic carbocycles. The maximum absolute atomic E-state index is 12.3. The van der Waals surface area contributed by atoms with E-state index in [-0.39, 0.29) is 11.7 Å². The highest BCUT2D eigenvalue weighted by Crippen LogP contribution is 2.16. The third kappa shape index (κ3) is 5.26. The maximum atomic E-state index is 12.3. The number of Topliss-reactive ketones (excluding diaryl/α,β-unsaturated/α-hetero) is 1. The summed E-state index contributed by atoms with van der Waals surface area (Å²) in [6.45, 7) is 3.58. The largest absolute Gasteiger partial charge is 0.478 e. The number of aliphatic carboxylic acids is 1. The Bertz CT molecular complexity index is 568. The molecule has 1 N–H and O–H groups in total. The summed E-state index contributed by atoms with van der Waals surface area (Å²) < 4.78 is 0. The minimum atomic E-state index is -0.999. The van der Waals surface area contributed by atoms with Gasteiger partial charge in [-0.1, -0.05) is 24.6 Å². The number of anilines is 1. The highest BCUT2D eigenvalue weighted by atomic mass is 16.4. The van der Waals surface area contributed by atoms with E-state index in [9.17, 15) is 9.59 Å². The molecule has 21 heavy (non-hydrogen) atoms. The number of benzene rings is 1. The first-order valence-corrected chi connectivity index (χ1v) is 6.72. The molecule has 0 saturated carbocycles. The molecule has 0 aromatic heterocycles. The second-order valence-electron chi connectivity index (χ2n) is 5.18. The van der Waals surface area contributed by atoms with Gasteiger partial charge in [0.25, 0.3) is 0 Å². The van der Waals surface area contributed by atoms with E-state index >= 15 is 0 Å². The van der Waals surface area contributed by atoms with Gasteiger partial charge in [0.15, 0.2) is 5.78 Å². The molecule has 1 rings (SSSR count). The Morgan fingerprint density at radius 1 is 1.14 bits per heavy atom. The summed E-state index contributed by atoms with van der Waals surface area (Å²) in [6.07, 6.45) is 4.32. The lowest BCUT2D eigenvalue weighted by atomic mass is 9.97. The third-order valence-corrected chi connectivity index (χ3v) is 3.08. The molecule has 1 aromatic rings. The molecule has 0 fully saturated rings. The number of rotatable bonds is 6. The lowest BCUT2D eigenvalue weighted by molar-refractivity contribution is -0.131. The summed E-state index contributed by atoms with van der Waals surface area (Å²) in [4.78, 5) is 24.7. The van der Waals surface area contributed by atoms with Crippen LogP contribution in [0.25, 0.3) is 0 Å². The second kappa shape index (κ2) is 7.43. The lowest BCUT2D eigenvalue weighted by Crippen LogP contribution is -2.11. The van der Waals surface area contributed by atoms with E-state index in [1.54, 1.807) is 19.9 Å². The van der Waals surface area contributed by atoms with Crippen LogP contribution in [0.1, 0.15) is 24.2 Å². The molecular weight excluding hydrogens is 266 g/mol. The van der Waals surface area contributed by atoms with Crippen molar-refractivity contribution in [2.24, 2.45) is 5.92 Å². The van der Waals surface area contributed by atoms with Crippen molar-refractivity contribution in [3.8, 4) is 0 Å². The molecule has 1 aromatic carbocycles. The summed E-state index contributed by atoms with van der Waals surface area (Å²) in [7, 11) is 3.89. The van der Waals surface area contributed by atoms with Crippen LogP contribution in [0.5, 0.6) is 0 Å². The van der Waals surface area contributed by atoms with Crippen LogP contribution >= 0.6 is 0 Å². The van der Waals surface area contributed by atoms with E-state index in [4.69, 9.17) is 5.11 Å². The number of ketones is 1. The molecule has 1 atom stereocenters. The first-order chi connectivity index (χ1) is 9.81.